The Morgan fingerprint density at radius 2 is 2.00 bits per heavy atom. The maximum absolute atomic E-state index is 12.2. The molecule has 2 heterocycles. The SMILES string of the molecule is COc1ccccc1OCc1ccc(C(=O)Nc2cc(Br)c[nH]c2=O)o1. The fourth-order valence-electron chi connectivity index (χ4n) is 2.20. The number of pyridine rings is 1. The van der Waals surface area contributed by atoms with Gasteiger partial charge in [-0.25, -0.2) is 0 Å². The summed E-state index contributed by atoms with van der Waals surface area (Å²) in [7, 11) is 1.56. The standard InChI is InChI=1S/C18H15BrN2O5/c1-24-14-4-2-3-5-15(14)25-10-12-6-7-16(26-12)18(23)21-13-8-11(19)9-20-17(13)22/h2-9H,10H2,1H3,(H,20,22)(H,21,23). The van der Waals surface area contributed by atoms with Crippen molar-refractivity contribution >= 4 is 27.5 Å². The molecule has 0 fully saturated rings. The number of benzene rings is 1. The van der Waals surface area contributed by atoms with Crippen LogP contribution in [0.15, 0.2) is 62.3 Å². The van der Waals surface area contributed by atoms with Gasteiger partial charge in [0.1, 0.15) is 18.1 Å². The van der Waals surface area contributed by atoms with Crippen LogP contribution in [0, 0.1) is 0 Å². The molecule has 1 amide bonds. The van der Waals surface area contributed by atoms with E-state index in [0.717, 1.165) is 0 Å². The zero-order valence-electron chi connectivity index (χ0n) is 13.7. The lowest BCUT2D eigenvalue weighted by Crippen LogP contribution is -2.19. The smallest absolute Gasteiger partial charge is 0.291 e. The first-order valence-electron chi connectivity index (χ1n) is 7.61. The normalized spacial score (nSPS) is 10.4. The summed E-state index contributed by atoms with van der Waals surface area (Å²) in [5, 5.41) is 2.51. The molecule has 0 bridgehead atoms. The van der Waals surface area contributed by atoms with Crippen LogP contribution in [-0.4, -0.2) is 18.0 Å². The van der Waals surface area contributed by atoms with E-state index in [-0.39, 0.29) is 18.1 Å². The largest absolute Gasteiger partial charge is 0.493 e. The first-order chi connectivity index (χ1) is 12.6. The van der Waals surface area contributed by atoms with Gasteiger partial charge in [0.05, 0.1) is 7.11 Å². The van der Waals surface area contributed by atoms with Crippen LogP contribution in [-0.2, 0) is 6.61 Å². The van der Waals surface area contributed by atoms with Crippen molar-refractivity contribution in [2.75, 3.05) is 12.4 Å². The molecular formula is C18H15BrN2O5. The zero-order chi connectivity index (χ0) is 18.5. The van der Waals surface area contributed by atoms with Crippen molar-refractivity contribution in [3.8, 4) is 11.5 Å². The van der Waals surface area contributed by atoms with Crippen molar-refractivity contribution in [3.63, 3.8) is 0 Å². The number of carbonyl (C=O) groups is 1. The lowest BCUT2D eigenvalue weighted by atomic mass is 10.3. The average molecular weight is 419 g/mol. The first-order valence-corrected chi connectivity index (χ1v) is 8.40. The van der Waals surface area contributed by atoms with E-state index in [1.807, 2.05) is 12.1 Å². The summed E-state index contributed by atoms with van der Waals surface area (Å²) in [6, 6.07) is 11.9. The van der Waals surface area contributed by atoms with Gasteiger partial charge in [-0.3, -0.25) is 9.59 Å². The van der Waals surface area contributed by atoms with E-state index in [0.29, 0.717) is 21.7 Å². The molecule has 0 atom stereocenters. The fraction of sp³-hybridized carbons (Fsp3) is 0.111. The van der Waals surface area contributed by atoms with Gasteiger partial charge in [0.2, 0.25) is 0 Å². The molecule has 0 saturated carbocycles. The van der Waals surface area contributed by atoms with Crippen molar-refractivity contribution in [2.24, 2.45) is 0 Å². The third-order valence-corrected chi connectivity index (χ3v) is 3.90. The molecule has 3 aromatic rings. The summed E-state index contributed by atoms with van der Waals surface area (Å²) in [5.41, 5.74) is -0.291. The molecule has 0 aliphatic heterocycles. The molecule has 3 rings (SSSR count). The molecule has 0 unspecified atom stereocenters. The molecule has 0 aliphatic rings. The number of nitrogens with one attached hydrogen (secondary N) is 2. The number of aromatic amines is 1. The number of hydrogen-bond acceptors (Lipinski definition) is 5. The van der Waals surface area contributed by atoms with Gasteiger partial charge in [-0.1, -0.05) is 12.1 Å². The number of carbonyl (C=O) groups excluding carboxylic acids is 1. The summed E-state index contributed by atoms with van der Waals surface area (Å²) < 4.78 is 17.0. The second-order valence-corrected chi connectivity index (χ2v) is 6.14. The lowest BCUT2D eigenvalue weighted by molar-refractivity contribution is 0.0992. The highest BCUT2D eigenvalue weighted by molar-refractivity contribution is 9.10. The summed E-state index contributed by atoms with van der Waals surface area (Å²) in [5.74, 6) is 1.17. The first kappa shape index (κ1) is 17.8. The Morgan fingerprint density at radius 1 is 1.23 bits per heavy atom. The van der Waals surface area contributed by atoms with Gasteiger partial charge in [-0.15, -0.1) is 0 Å². The molecule has 0 saturated heterocycles. The van der Waals surface area contributed by atoms with Crippen LogP contribution >= 0.6 is 15.9 Å². The molecule has 0 radical (unpaired) electrons. The van der Waals surface area contributed by atoms with E-state index in [2.05, 4.69) is 26.2 Å². The third-order valence-electron chi connectivity index (χ3n) is 3.44. The molecule has 26 heavy (non-hydrogen) atoms. The van der Waals surface area contributed by atoms with Crippen LogP contribution in [0.2, 0.25) is 0 Å². The van der Waals surface area contributed by atoms with E-state index >= 15 is 0 Å². The molecule has 2 N–H and O–H groups in total. The number of para-hydroxylation sites is 2. The van der Waals surface area contributed by atoms with Gasteiger partial charge >= 0.3 is 0 Å². The van der Waals surface area contributed by atoms with Crippen LogP contribution < -0.4 is 20.3 Å². The van der Waals surface area contributed by atoms with Crippen LogP contribution in [0.25, 0.3) is 0 Å². The molecule has 0 spiro atoms. The summed E-state index contributed by atoms with van der Waals surface area (Å²) in [6.07, 6.45) is 1.48. The summed E-state index contributed by atoms with van der Waals surface area (Å²) >= 11 is 3.23. The Hall–Kier alpha value is -3.00. The van der Waals surface area contributed by atoms with Gasteiger partial charge in [-0.2, -0.15) is 0 Å². The Kier molecular flexibility index (Phi) is 5.43. The summed E-state index contributed by atoms with van der Waals surface area (Å²) in [4.78, 5) is 26.4. The summed E-state index contributed by atoms with van der Waals surface area (Å²) in [6.45, 7) is 0.130. The number of methoxy groups -OCH3 is 1. The fourth-order valence-corrected chi connectivity index (χ4v) is 2.54. The van der Waals surface area contributed by atoms with Crippen molar-refractivity contribution in [2.45, 2.75) is 6.61 Å². The number of halogens is 1. The number of amides is 1. The van der Waals surface area contributed by atoms with Crippen LogP contribution in [0.1, 0.15) is 16.3 Å². The number of anilines is 1. The monoisotopic (exact) mass is 418 g/mol. The quantitative estimate of drug-likeness (QED) is 0.637. The number of H-pyrrole nitrogens is 1. The Balaban J connectivity index is 1.66. The molecule has 134 valence electrons. The Labute approximate surface area is 157 Å². The van der Waals surface area contributed by atoms with Crippen molar-refractivity contribution in [1.82, 2.24) is 4.98 Å². The molecule has 1 aromatic carbocycles. The highest BCUT2D eigenvalue weighted by atomic mass is 79.9. The topological polar surface area (TPSA) is 93.6 Å². The van der Waals surface area contributed by atoms with Crippen LogP contribution in [0.3, 0.4) is 0 Å². The van der Waals surface area contributed by atoms with Crippen molar-refractivity contribution in [3.05, 3.63) is 75.0 Å². The maximum atomic E-state index is 12.2. The van der Waals surface area contributed by atoms with Crippen LogP contribution in [0.5, 0.6) is 11.5 Å². The Morgan fingerprint density at radius 3 is 2.77 bits per heavy atom. The minimum absolute atomic E-state index is 0.0722. The van der Waals surface area contributed by atoms with E-state index in [4.69, 9.17) is 13.9 Å². The van der Waals surface area contributed by atoms with Gasteiger partial charge in [0, 0.05) is 10.7 Å². The zero-order valence-corrected chi connectivity index (χ0v) is 15.3. The average Bonchev–Trinajstić information content (AvgIpc) is 3.12. The number of hydrogen-bond donors (Lipinski definition) is 2. The molecule has 7 nitrogen and oxygen atoms in total. The van der Waals surface area contributed by atoms with Crippen molar-refractivity contribution in [1.29, 1.82) is 0 Å². The maximum Gasteiger partial charge on any atom is 0.291 e. The highest BCUT2D eigenvalue weighted by Gasteiger charge is 2.14. The number of furan rings is 1. The number of rotatable bonds is 6. The highest BCUT2D eigenvalue weighted by Crippen LogP contribution is 2.26. The van der Waals surface area contributed by atoms with E-state index in [1.54, 1.807) is 25.3 Å². The predicted octanol–water partition coefficient (Wildman–Crippen LogP) is 3.57. The molecular weight excluding hydrogens is 404 g/mol. The molecule has 0 aliphatic carbocycles. The second kappa shape index (κ2) is 7.92. The Bertz CT molecular complexity index is 979. The van der Waals surface area contributed by atoms with E-state index < -0.39 is 11.5 Å². The predicted molar refractivity (Wildman–Crippen MR) is 98.7 cm³/mol. The third kappa shape index (κ3) is 4.15. The van der Waals surface area contributed by atoms with Gasteiger partial charge in [0.15, 0.2) is 17.3 Å². The van der Waals surface area contributed by atoms with Crippen LogP contribution in [0.4, 0.5) is 5.69 Å². The molecule has 8 heteroatoms. The van der Waals surface area contributed by atoms with Gasteiger partial charge < -0.3 is 24.2 Å². The minimum atomic E-state index is -0.530. The molecule has 2 aromatic heterocycles. The van der Waals surface area contributed by atoms with E-state index in [1.165, 1.54) is 18.3 Å². The van der Waals surface area contributed by atoms with Gasteiger partial charge in [0.25, 0.3) is 11.5 Å². The van der Waals surface area contributed by atoms with E-state index in [9.17, 15) is 9.59 Å². The van der Waals surface area contributed by atoms with Crippen molar-refractivity contribution < 1.29 is 18.7 Å². The number of aromatic nitrogens is 1. The number of ether oxygens (including phenoxy) is 2. The van der Waals surface area contributed by atoms with Gasteiger partial charge in [-0.05, 0) is 46.3 Å². The second-order valence-electron chi connectivity index (χ2n) is 5.22. The lowest BCUT2D eigenvalue weighted by Gasteiger charge is -2.08. The minimum Gasteiger partial charge on any atom is -0.493 e.